The summed E-state index contributed by atoms with van der Waals surface area (Å²) >= 11 is 0. The van der Waals surface area contributed by atoms with Crippen molar-refractivity contribution < 1.29 is 13.2 Å². The molecule has 23 heavy (non-hydrogen) atoms. The summed E-state index contributed by atoms with van der Waals surface area (Å²) in [6.07, 6.45) is 3.37. The molecule has 1 amide bonds. The number of nitrogens with two attached hydrogens (primary N) is 1. The Hall–Kier alpha value is -2.25. The van der Waals surface area contributed by atoms with E-state index >= 15 is 0 Å². The number of nitrogens with one attached hydrogen (secondary N) is 1. The molecule has 2 rings (SSSR count). The molecule has 2 aromatic rings. The van der Waals surface area contributed by atoms with E-state index in [1.807, 2.05) is 30.3 Å². The van der Waals surface area contributed by atoms with Crippen LogP contribution in [0.15, 0.2) is 54.9 Å². The molecular formula is C16H19N3O3S. The third kappa shape index (κ3) is 5.46. The first kappa shape index (κ1) is 17.1. The van der Waals surface area contributed by atoms with Gasteiger partial charge in [0.05, 0.1) is 11.3 Å². The standard InChI is InChI=1S/C16H19N3O3S/c17-10-14(9-13-5-2-1-3-6-13)12-23(21,22)19-16(20)15-7-4-8-18-11-15/h1-8,11,14H,9-10,12,17H2,(H,19,20). The molecule has 122 valence electrons. The van der Waals surface area contributed by atoms with E-state index in [1.54, 1.807) is 6.07 Å². The molecule has 0 saturated heterocycles. The van der Waals surface area contributed by atoms with Gasteiger partial charge in [-0.2, -0.15) is 0 Å². The van der Waals surface area contributed by atoms with Crippen molar-refractivity contribution in [2.45, 2.75) is 6.42 Å². The molecule has 6 nitrogen and oxygen atoms in total. The van der Waals surface area contributed by atoms with E-state index < -0.39 is 15.9 Å². The number of carbonyl (C=O) groups excluding carboxylic acids is 1. The number of sulfonamides is 1. The van der Waals surface area contributed by atoms with E-state index in [0.29, 0.717) is 6.42 Å². The quantitative estimate of drug-likeness (QED) is 0.786. The number of hydrogen-bond acceptors (Lipinski definition) is 5. The van der Waals surface area contributed by atoms with Crippen LogP contribution in [-0.2, 0) is 16.4 Å². The van der Waals surface area contributed by atoms with Gasteiger partial charge in [0.1, 0.15) is 0 Å². The summed E-state index contributed by atoms with van der Waals surface area (Å²) in [7, 11) is -3.77. The Bertz CT molecular complexity index is 734. The van der Waals surface area contributed by atoms with Crippen LogP contribution in [0.5, 0.6) is 0 Å². The van der Waals surface area contributed by atoms with Gasteiger partial charge in [-0.3, -0.25) is 9.78 Å². The van der Waals surface area contributed by atoms with Crippen LogP contribution in [0.2, 0.25) is 0 Å². The van der Waals surface area contributed by atoms with Crippen molar-refractivity contribution in [3.05, 3.63) is 66.0 Å². The third-order valence-corrected chi connectivity index (χ3v) is 4.73. The highest BCUT2D eigenvalue weighted by Crippen LogP contribution is 2.10. The molecule has 0 radical (unpaired) electrons. The lowest BCUT2D eigenvalue weighted by molar-refractivity contribution is 0.0981. The number of pyridine rings is 1. The third-order valence-electron chi connectivity index (χ3n) is 3.33. The average Bonchev–Trinajstić information content (AvgIpc) is 2.55. The van der Waals surface area contributed by atoms with Gasteiger partial charge in [-0.25, -0.2) is 13.1 Å². The summed E-state index contributed by atoms with van der Waals surface area (Å²) in [4.78, 5) is 15.7. The van der Waals surface area contributed by atoms with E-state index in [2.05, 4.69) is 9.71 Å². The topological polar surface area (TPSA) is 102 Å². The van der Waals surface area contributed by atoms with Crippen molar-refractivity contribution in [1.82, 2.24) is 9.71 Å². The Balaban J connectivity index is 2.00. The Labute approximate surface area is 135 Å². The fraction of sp³-hybridized carbons (Fsp3) is 0.250. The van der Waals surface area contributed by atoms with Gasteiger partial charge in [0.15, 0.2) is 0 Å². The van der Waals surface area contributed by atoms with Crippen molar-refractivity contribution in [3.8, 4) is 0 Å². The number of aromatic nitrogens is 1. The fourth-order valence-corrected chi connectivity index (χ4v) is 3.57. The minimum absolute atomic E-state index is 0.198. The summed E-state index contributed by atoms with van der Waals surface area (Å²) < 4.78 is 26.4. The Kier molecular flexibility index (Phi) is 5.84. The number of carbonyl (C=O) groups is 1. The zero-order valence-corrected chi connectivity index (χ0v) is 13.4. The molecule has 1 atom stereocenters. The van der Waals surface area contributed by atoms with Crippen molar-refractivity contribution in [2.75, 3.05) is 12.3 Å². The molecule has 7 heteroatoms. The van der Waals surface area contributed by atoms with Crippen LogP contribution < -0.4 is 10.5 Å². The number of amides is 1. The molecule has 1 heterocycles. The SMILES string of the molecule is NCC(Cc1ccccc1)CS(=O)(=O)NC(=O)c1cccnc1. The molecule has 0 bridgehead atoms. The second-order valence-corrected chi connectivity index (χ2v) is 7.01. The minimum atomic E-state index is -3.77. The van der Waals surface area contributed by atoms with Gasteiger partial charge in [-0.05, 0) is 36.6 Å². The molecule has 1 unspecified atom stereocenters. The summed E-state index contributed by atoms with van der Waals surface area (Å²) in [5.74, 6) is -1.16. The van der Waals surface area contributed by atoms with E-state index in [1.165, 1.54) is 18.5 Å². The average molecular weight is 333 g/mol. The van der Waals surface area contributed by atoms with E-state index in [4.69, 9.17) is 5.73 Å². The number of nitrogens with zero attached hydrogens (tertiary/aromatic N) is 1. The minimum Gasteiger partial charge on any atom is -0.330 e. The van der Waals surface area contributed by atoms with Crippen LogP contribution in [0.25, 0.3) is 0 Å². The number of rotatable bonds is 7. The lowest BCUT2D eigenvalue weighted by atomic mass is 10.0. The van der Waals surface area contributed by atoms with Gasteiger partial charge in [0, 0.05) is 12.4 Å². The summed E-state index contributed by atoms with van der Waals surface area (Å²) in [5.41, 5.74) is 6.89. The number of benzene rings is 1. The first-order valence-corrected chi connectivity index (χ1v) is 8.84. The molecule has 0 aliphatic rings. The maximum Gasteiger partial charge on any atom is 0.266 e. The van der Waals surface area contributed by atoms with Crippen LogP contribution in [0, 0.1) is 5.92 Å². The molecular weight excluding hydrogens is 314 g/mol. The molecule has 3 N–H and O–H groups in total. The van der Waals surface area contributed by atoms with Crippen LogP contribution in [0.4, 0.5) is 0 Å². The first-order valence-electron chi connectivity index (χ1n) is 7.19. The summed E-state index contributed by atoms with van der Waals surface area (Å²) in [6, 6.07) is 12.6. The van der Waals surface area contributed by atoms with Gasteiger partial charge in [-0.15, -0.1) is 0 Å². The number of hydrogen-bond donors (Lipinski definition) is 2. The molecule has 0 saturated carbocycles. The van der Waals surface area contributed by atoms with Gasteiger partial charge in [-0.1, -0.05) is 30.3 Å². The van der Waals surface area contributed by atoms with Crippen LogP contribution in [0.1, 0.15) is 15.9 Å². The Morgan fingerprint density at radius 3 is 2.52 bits per heavy atom. The first-order chi connectivity index (χ1) is 11.0. The predicted molar refractivity (Wildman–Crippen MR) is 88.2 cm³/mol. The molecule has 0 aliphatic carbocycles. The normalized spacial score (nSPS) is 12.6. The highest BCUT2D eigenvalue weighted by Gasteiger charge is 2.21. The summed E-state index contributed by atoms with van der Waals surface area (Å²) in [6.45, 7) is 0.219. The maximum atomic E-state index is 12.2. The molecule has 0 spiro atoms. The van der Waals surface area contributed by atoms with Gasteiger partial charge in [0.2, 0.25) is 10.0 Å². The van der Waals surface area contributed by atoms with E-state index in [0.717, 1.165) is 5.56 Å². The smallest absolute Gasteiger partial charge is 0.266 e. The second-order valence-electron chi connectivity index (χ2n) is 5.25. The fourth-order valence-electron chi connectivity index (χ4n) is 2.21. The Morgan fingerprint density at radius 1 is 1.17 bits per heavy atom. The lowest BCUT2D eigenvalue weighted by Crippen LogP contribution is -2.37. The highest BCUT2D eigenvalue weighted by molar-refractivity contribution is 7.90. The molecule has 1 aromatic heterocycles. The molecule has 0 aliphatic heterocycles. The van der Waals surface area contributed by atoms with Gasteiger partial charge in [0.25, 0.3) is 5.91 Å². The zero-order chi connectivity index (χ0) is 16.7. The van der Waals surface area contributed by atoms with Crippen molar-refractivity contribution in [1.29, 1.82) is 0 Å². The summed E-state index contributed by atoms with van der Waals surface area (Å²) in [5, 5.41) is 0. The van der Waals surface area contributed by atoms with Crippen molar-refractivity contribution in [2.24, 2.45) is 11.7 Å². The molecule has 1 aromatic carbocycles. The van der Waals surface area contributed by atoms with E-state index in [9.17, 15) is 13.2 Å². The van der Waals surface area contributed by atoms with Crippen LogP contribution >= 0.6 is 0 Å². The predicted octanol–water partition coefficient (Wildman–Crippen LogP) is 0.959. The lowest BCUT2D eigenvalue weighted by Gasteiger charge is -2.15. The highest BCUT2D eigenvalue weighted by atomic mass is 32.2. The second kappa shape index (κ2) is 7.85. The maximum absolute atomic E-state index is 12.2. The molecule has 0 fully saturated rings. The largest absolute Gasteiger partial charge is 0.330 e. The van der Waals surface area contributed by atoms with E-state index in [-0.39, 0.29) is 23.8 Å². The monoisotopic (exact) mass is 333 g/mol. The zero-order valence-electron chi connectivity index (χ0n) is 12.6. The van der Waals surface area contributed by atoms with Crippen molar-refractivity contribution in [3.63, 3.8) is 0 Å². The van der Waals surface area contributed by atoms with Crippen molar-refractivity contribution >= 4 is 15.9 Å². The van der Waals surface area contributed by atoms with Crippen LogP contribution in [-0.4, -0.2) is 31.6 Å². The van der Waals surface area contributed by atoms with Gasteiger partial charge >= 0.3 is 0 Å². The Morgan fingerprint density at radius 2 is 1.91 bits per heavy atom. The van der Waals surface area contributed by atoms with Gasteiger partial charge < -0.3 is 5.73 Å². The van der Waals surface area contributed by atoms with Crippen LogP contribution in [0.3, 0.4) is 0 Å².